The number of halogens is 1. The first-order chi connectivity index (χ1) is 16.0. The van der Waals surface area contributed by atoms with E-state index in [0.717, 1.165) is 5.69 Å². The molecule has 2 heterocycles. The van der Waals surface area contributed by atoms with E-state index in [1.165, 1.54) is 22.5 Å². The Balaban J connectivity index is 1.45. The molecule has 0 saturated heterocycles. The highest BCUT2D eigenvalue weighted by Gasteiger charge is 2.22. The number of hydrogen-bond donors (Lipinski definition) is 1. The molecule has 0 radical (unpaired) electrons. The van der Waals surface area contributed by atoms with Crippen molar-refractivity contribution in [2.75, 3.05) is 12.4 Å². The quantitative estimate of drug-likeness (QED) is 0.375. The second-order valence-corrected chi connectivity index (χ2v) is 8.34. The number of benzene rings is 2. The third kappa shape index (κ3) is 4.90. The smallest absolute Gasteiger partial charge is 0.297 e. The average Bonchev–Trinajstić information content (AvgIpc) is 3.36. The molecule has 1 atom stereocenters. The van der Waals surface area contributed by atoms with E-state index in [1.807, 2.05) is 37.3 Å². The Hall–Kier alpha value is -3.28. The average molecular weight is 471 g/mol. The standard InChI is InChI=1S/C22H23FN6O3S/c1-15-20(21(31)29(27(15)2)17-9-4-3-5-10-17)28-22(24-25-26-28)33-14-18(30)13-32-12-16-8-6-7-11-19(16)23/h3-11,18,30H,12-14H2,1-2H3. The summed E-state index contributed by atoms with van der Waals surface area (Å²) in [5.74, 6) is -0.115. The fourth-order valence-corrected chi connectivity index (χ4v) is 4.13. The van der Waals surface area contributed by atoms with Gasteiger partial charge >= 0.3 is 0 Å². The lowest BCUT2D eigenvalue weighted by atomic mass is 10.2. The maximum Gasteiger partial charge on any atom is 0.297 e. The Bertz CT molecular complexity index is 1290. The molecule has 1 N–H and O–H groups in total. The molecule has 4 rings (SSSR count). The number of hydrogen-bond acceptors (Lipinski definition) is 7. The third-order valence-electron chi connectivity index (χ3n) is 5.11. The summed E-state index contributed by atoms with van der Waals surface area (Å²) in [4.78, 5) is 13.2. The van der Waals surface area contributed by atoms with Crippen molar-refractivity contribution in [3.63, 3.8) is 0 Å². The van der Waals surface area contributed by atoms with E-state index in [9.17, 15) is 14.3 Å². The van der Waals surface area contributed by atoms with Gasteiger partial charge in [-0.1, -0.05) is 48.2 Å². The van der Waals surface area contributed by atoms with E-state index in [4.69, 9.17) is 4.74 Å². The van der Waals surface area contributed by atoms with Gasteiger partial charge in [-0.15, -0.1) is 5.10 Å². The van der Waals surface area contributed by atoms with Crippen LogP contribution in [0.3, 0.4) is 0 Å². The summed E-state index contributed by atoms with van der Waals surface area (Å²) in [5, 5.41) is 22.4. The Labute approximate surface area is 193 Å². The van der Waals surface area contributed by atoms with Crippen molar-refractivity contribution < 1.29 is 14.2 Å². The van der Waals surface area contributed by atoms with Gasteiger partial charge in [0, 0.05) is 18.4 Å². The SMILES string of the molecule is Cc1c(-n2nnnc2SCC(O)COCc2ccccc2F)c(=O)n(-c2ccccc2)n1C. The van der Waals surface area contributed by atoms with E-state index in [0.29, 0.717) is 22.1 Å². The molecule has 0 amide bonds. The molecular weight excluding hydrogens is 447 g/mol. The van der Waals surface area contributed by atoms with Crippen molar-refractivity contribution >= 4 is 11.8 Å². The molecule has 0 aliphatic heterocycles. The van der Waals surface area contributed by atoms with Crippen LogP contribution in [0.15, 0.2) is 64.5 Å². The van der Waals surface area contributed by atoms with Crippen molar-refractivity contribution in [1.82, 2.24) is 29.6 Å². The first-order valence-electron chi connectivity index (χ1n) is 10.2. The van der Waals surface area contributed by atoms with Gasteiger partial charge < -0.3 is 9.84 Å². The fraction of sp³-hybridized carbons (Fsp3) is 0.273. The van der Waals surface area contributed by atoms with Crippen LogP contribution in [0.1, 0.15) is 11.3 Å². The van der Waals surface area contributed by atoms with Crippen LogP contribution in [0.25, 0.3) is 11.4 Å². The molecule has 0 saturated carbocycles. The second-order valence-electron chi connectivity index (χ2n) is 7.35. The number of rotatable bonds is 9. The van der Waals surface area contributed by atoms with Gasteiger partial charge in [0.15, 0.2) is 5.69 Å². The minimum Gasteiger partial charge on any atom is -0.390 e. The van der Waals surface area contributed by atoms with Crippen LogP contribution in [-0.4, -0.2) is 53.1 Å². The number of tetrazole rings is 1. The van der Waals surface area contributed by atoms with E-state index in [-0.39, 0.29) is 30.3 Å². The van der Waals surface area contributed by atoms with Crippen LogP contribution < -0.4 is 5.56 Å². The summed E-state index contributed by atoms with van der Waals surface area (Å²) in [6, 6.07) is 15.6. The van der Waals surface area contributed by atoms with Crippen LogP contribution in [0.4, 0.5) is 4.39 Å². The summed E-state index contributed by atoms with van der Waals surface area (Å²) in [6.07, 6.45) is -0.829. The van der Waals surface area contributed by atoms with Gasteiger partial charge in [0.25, 0.3) is 5.56 Å². The zero-order valence-corrected chi connectivity index (χ0v) is 18.9. The van der Waals surface area contributed by atoms with Crippen molar-refractivity contribution in [2.24, 2.45) is 7.05 Å². The molecule has 0 fully saturated rings. The Morgan fingerprint density at radius 1 is 1.15 bits per heavy atom. The lowest BCUT2D eigenvalue weighted by Gasteiger charge is -2.11. The maximum atomic E-state index is 13.7. The maximum absolute atomic E-state index is 13.7. The first-order valence-corrected chi connectivity index (χ1v) is 11.2. The highest BCUT2D eigenvalue weighted by Crippen LogP contribution is 2.21. The molecule has 9 nitrogen and oxygen atoms in total. The van der Waals surface area contributed by atoms with Crippen molar-refractivity contribution in [3.05, 3.63) is 82.0 Å². The Morgan fingerprint density at radius 2 is 1.88 bits per heavy atom. The van der Waals surface area contributed by atoms with E-state index in [1.54, 1.807) is 34.6 Å². The molecule has 4 aromatic rings. The molecule has 0 aliphatic carbocycles. The fourth-order valence-electron chi connectivity index (χ4n) is 3.35. The minimum absolute atomic E-state index is 0.0219. The first kappa shape index (κ1) is 22.9. The highest BCUT2D eigenvalue weighted by atomic mass is 32.2. The van der Waals surface area contributed by atoms with Crippen LogP contribution in [0, 0.1) is 12.7 Å². The van der Waals surface area contributed by atoms with Gasteiger partial charge in [-0.2, -0.15) is 4.68 Å². The van der Waals surface area contributed by atoms with E-state index >= 15 is 0 Å². The van der Waals surface area contributed by atoms with Crippen LogP contribution in [0.2, 0.25) is 0 Å². The molecule has 2 aromatic heterocycles. The van der Waals surface area contributed by atoms with Crippen LogP contribution in [0.5, 0.6) is 0 Å². The van der Waals surface area contributed by atoms with E-state index in [2.05, 4.69) is 15.5 Å². The number of aliphatic hydroxyl groups excluding tert-OH is 1. The zero-order valence-electron chi connectivity index (χ0n) is 18.1. The largest absolute Gasteiger partial charge is 0.390 e. The summed E-state index contributed by atoms with van der Waals surface area (Å²) in [7, 11) is 1.79. The summed E-state index contributed by atoms with van der Waals surface area (Å²) in [6.45, 7) is 1.90. The molecule has 0 spiro atoms. The lowest BCUT2D eigenvalue weighted by molar-refractivity contribution is 0.0386. The van der Waals surface area contributed by atoms with Gasteiger partial charge in [-0.05, 0) is 35.5 Å². The number of aliphatic hydroxyl groups is 1. The molecule has 33 heavy (non-hydrogen) atoms. The summed E-state index contributed by atoms with van der Waals surface area (Å²) < 4.78 is 23.8. The summed E-state index contributed by atoms with van der Waals surface area (Å²) >= 11 is 1.20. The molecule has 1 unspecified atom stereocenters. The zero-order chi connectivity index (χ0) is 23.4. The number of aromatic nitrogens is 6. The highest BCUT2D eigenvalue weighted by molar-refractivity contribution is 7.99. The van der Waals surface area contributed by atoms with Crippen molar-refractivity contribution in [2.45, 2.75) is 24.8 Å². The van der Waals surface area contributed by atoms with Gasteiger partial charge in [0.05, 0.1) is 30.7 Å². The molecule has 0 bridgehead atoms. The molecular formula is C22H23FN6O3S. The van der Waals surface area contributed by atoms with Gasteiger partial charge in [0.2, 0.25) is 5.16 Å². The second kappa shape index (κ2) is 10.1. The van der Waals surface area contributed by atoms with Crippen molar-refractivity contribution in [3.8, 4) is 11.4 Å². The summed E-state index contributed by atoms with van der Waals surface area (Å²) in [5.41, 5.74) is 1.91. The number of thioether (sulfide) groups is 1. The predicted octanol–water partition coefficient (Wildman–Crippen LogP) is 2.27. The molecule has 172 valence electrons. The number of ether oxygens (including phenoxy) is 1. The molecule has 2 aromatic carbocycles. The monoisotopic (exact) mass is 470 g/mol. The van der Waals surface area contributed by atoms with E-state index < -0.39 is 6.10 Å². The Morgan fingerprint density at radius 3 is 2.64 bits per heavy atom. The Kier molecular flexibility index (Phi) is 7.02. The number of nitrogens with zero attached hydrogens (tertiary/aromatic N) is 6. The number of para-hydroxylation sites is 1. The van der Waals surface area contributed by atoms with Gasteiger partial charge in [-0.25, -0.2) is 9.07 Å². The molecule has 0 aliphatic rings. The topological polar surface area (TPSA) is 100.0 Å². The lowest BCUT2D eigenvalue weighted by Crippen LogP contribution is -2.22. The van der Waals surface area contributed by atoms with Gasteiger partial charge in [0.1, 0.15) is 5.82 Å². The van der Waals surface area contributed by atoms with Gasteiger partial charge in [-0.3, -0.25) is 9.48 Å². The van der Waals surface area contributed by atoms with Crippen LogP contribution >= 0.6 is 11.8 Å². The minimum atomic E-state index is -0.829. The molecule has 11 heteroatoms. The predicted molar refractivity (Wildman–Crippen MR) is 121 cm³/mol. The third-order valence-corrected chi connectivity index (χ3v) is 6.17. The normalized spacial score (nSPS) is 12.2. The van der Waals surface area contributed by atoms with Crippen molar-refractivity contribution in [1.29, 1.82) is 0 Å². The van der Waals surface area contributed by atoms with Crippen LogP contribution in [-0.2, 0) is 18.4 Å².